The highest BCUT2D eigenvalue weighted by atomic mass is 16.4. The number of unbranched alkanes of at least 4 members (excludes halogenated alkanes) is 14. The first-order valence-electron chi connectivity index (χ1n) is 9.50. The van der Waals surface area contributed by atoms with Crippen molar-refractivity contribution in [3.8, 4) is 0 Å². The monoisotopic (exact) mass is 325 g/mol. The number of nitrogens with zero attached hydrogens (tertiary/aromatic N) is 3. The molecule has 0 saturated heterocycles. The minimum atomic E-state index is -0.668. The molecule has 0 amide bonds. The Morgan fingerprint density at radius 3 is 1.39 bits per heavy atom. The van der Waals surface area contributed by atoms with Gasteiger partial charge in [-0.15, -0.1) is 0 Å². The van der Waals surface area contributed by atoms with Gasteiger partial charge in [0.05, 0.1) is 0 Å². The van der Waals surface area contributed by atoms with Crippen molar-refractivity contribution in [2.75, 3.05) is 6.54 Å². The summed E-state index contributed by atoms with van der Waals surface area (Å²) in [7, 11) is 0. The van der Waals surface area contributed by atoms with Crippen LogP contribution in [0.5, 0.6) is 0 Å². The predicted octanol–water partition coefficient (Wildman–Crippen LogP) is 6.62. The Balaban J connectivity index is 3.00. The van der Waals surface area contributed by atoms with Gasteiger partial charge in [0.2, 0.25) is 0 Å². The summed E-state index contributed by atoms with van der Waals surface area (Å²) >= 11 is 0. The number of azide groups is 1. The van der Waals surface area contributed by atoms with Crippen molar-refractivity contribution >= 4 is 5.97 Å². The topological polar surface area (TPSA) is 86.1 Å². The minimum Gasteiger partial charge on any atom is -0.481 e. The Morgan fingerprint density at radius 1 is 0.696 bits per heavy atom. The van der Waals surface area contributed by atoms with Crippen LogP contribution >= 0.6 is 0 Å². The smallest absolute Gasteiger partial charge is 0.303 e. The number of carboxylic acids is 1. The molecule has 0 atom stereocenters. The maximum Gasteiger partial charge on any atom is 0.303 e. The van der Waals surface area contributed by atoms with Gasteiger partial charge in [0, 0.05) is 17.9 Å². The summed E-state index contributed by atoms with van der Waals surface area (Å²) in [4.78, 5) is 13.1. The molecule has 5 heteroatoms. The molecule has 0 fully saturated rings. The number of aliphatic carboxylic acids is 1. The molecule has 0 aromatic heterocycles. The summed E-state index contributed by atoms with van der Waals surface area (Å²) in [5.74, 6) is -0.668. The van der Waals surface area contributed by atoms with Crippen molar-refractivity contribution in [1.29, 1.82) is 0 Å². The SMILES string of the molecule is [N-]=[N+]=NCCCCCCCCCCCCCCCCCC(=O)O. The van der Waals surface area contributed by atoms with Gasteiger partial charge in [0.25, 0.3) is 0 Å². The molecule has 0 rings (SSSR count). The van der Waals surface area contributed by atoms with Gasteiger partial charge in [-0.05, 0) is 18.4 Å². The van der Waals surface area contributed by atoms with Gasteiger partial charge in [-0.2, -0.15) is 0 Å². The normalized spacial score (nSPS) is 10.4. The van der Waals surface area contributed by atoms with E-state index in [1.807, 2.05) is 0 Å². The molecule has 0 bridgehead atoms. The standard InChI is InChI=1S/C18H35N3O2/c19-21-20-17-15-13-11-9-7-5-3-1-2-4-6-8-10-12-14-16-18(22)23/h1-17H2,(H,22,23). The van der Waals surface area contributed by atoms with E-state index < -0.39 is 5.97 Å². The van der Waals surface area contributed by atoms with Crippen LogP contribution in [0.25, 0.3) is 10.4 Å². The summed E-state index contributed by atoms with van der Waals surface area (Å²) in [6, 6.07) is 0. The highest BCUT2D eigenvalue weighted by Crippen LogP contribution is 2.13. The highest BCUT2D eigenvalue weighted by molar-refractivity contribution is 5.66. The Morgan fingerprint density at radius 2 is 1.04 bits per heavy atom. The van der Waals surface area contributed by atoms with Gasteiger partial charge in [0.1, 0.15) is 0 Å². The third kappa shape index (κ3) is 20.8. The minimum absolute atomic E-state index is 0.327. The first-order chi connectivity index (χ1) is 11.3. The van der Waals surface area contributed by atoms with E-state index in [1.54, 1.807) is 0 Å². The molecule has 0 heterocycles. The summed E-state index contributed by atoms with van der Waals surface area (Å²) < 4.78 is 0. The Labute approximate surface area is 141 Å². The van der Waals surface area contributed by atoms with E-state index in [0.717, 1.165) is 19.3 Å². The second-order valence-corrected chi connectivity index (χ2v) is 6.40. The molecule has 0 unspecified atom stereocenters. The molecule has 134 valence electrons. The molecule has 0 aliphatic carbocycles. The van der Waals surface area contributed by atoms with Crippen LogP contribution in [0.1, 0.15) is 103 Å². The van der Waals surface area contributed by atoms with E-state index in [9.17, 15) is 4.79 Å². The number of hydrogen-bond donors (Lipinski definition) is 1. The Kier molecular flexibility index (Phi) is 17.8. The number of carbonyl (C=O) groups is 1. The lowest BCUT2D eigenvalue weighted by Crippen LogP contribution is -1.93. The van der Waals surface area contributed by atoms with Crippen molar-refractivity contribution in [3.63, 3.8) is 0 Å². The van der Waals surface area contributed by atoms with E-state index in [-0.39, 0.29) is 0 Å². The largest absolute Gasteiger partial charge is 0.481 e. The van der Waals surface area contributed by atoms with Gasteiger partial charge in [-0.25, -0.2) is 0 Å². The first kappa shape index (κ1) is 21.8. The third-order valence-corrected chi connectivity index (χ3v) is 4.21. The van der Waals surface area contributed by atoms with Crippen LogP contribution in [0.4, 0.5) is 0 Å². The van der Waals surface area contributed by atoms with Crippen LogP contribution in [0.2, 0.25) is 0 Å². The van der Waals surface area contributed by atoms with Gasteiger partial charge in [-0.3, -0.25) is 4.79 Å². The van der Waals surface area contributed by atoms with Crippen LogP contribution in [0, 0.1) is 0 Å². The van der Waals surface area contributed by atoms with Crippen molar-refractivity contribution in [2.45, 2.75) is 103 Å². The zero-order valence-electron chi connectivity index (χ0n) is 14.7. The predicted molar refractivity (Wildman–Crippen MR) is 95.5 cm³/mol. The van der Waals surface area contributed by atoms with E-state index >= 15 is 0 Å². The fourth-order valence-electron chi connectivity index (χ4n) is 2.80. The fourth-order valence-corrected chi connectivity index (χ4v) is 2.80. The van der Waals surface area contributed by atoms with Crippen LogP contribution in [-0.2, 0) is 4.79 Å². The lowest BCUT2D eigenvalue weighted by atomic mass is 10.0. The van der Waals surface area contributed by atoms with Crippen LogP contribution < -0.4 is 0 Å². The van der Waals surface area contributed by atoms with Crippen LogP contribution in [-0.4, -0.2) is 17.6 Å². The summed E-state index contributed by atoms with van der Waals surface area (Å²) in [6.45, 7) is 0.649. The van der Waals surface area contributed by atoms with Crippen LogP contribution in [0.3, 0.4) is 0 Å². The van der Waals surface area contributed by atoms with Gasteiger partial charge in [-0.1, -0.05) is 88.6 Å². The summed E-state index contributed by atoms with van der Waals surface area (Å²) in [6.07, 6.45) is 18.9. The number of carboxylic acid groups (broad SMARTS) is 1. The molecule has 23 heavy (non-hydrogen) atoms. The zero-order chi connectivity index (χ0) is 17.0. The highest BCUT2D eigenvalue weighted by Gasteiger charge is 1.97. The molecule has 5 nitrogen and oxygen atoms in total. The average Bonchev–Trinajstić information content (AvgIpc) is 2.53. The maximum absolute atomic E-state index is 10.4. The second kappa shape index (κ2) is 18.8. The first-order valence-corrected chi connectivity index (χ1v) is 9.50. The van der Waals surface area contributed by atoms with E-state index in [2.05, 4.69) is 10.0 Å². The van der Waals surface area contributed by atoms with E-state index in [4.69, 9.17) is 10.6 Å². The number of rotatable bonds is 18. The molecular weight excluding hydrogens is 290 g/mol. The summed E-state index contributed by atoms with van der Waals surface area (Å²) in [5, 5.41) is 12.1. The average molecular weight is 325 g/mol. The molecule has 0 aliphatic heterocycles. The van der Waals surface area contributed by atoms with Gasteiger partial charge < -0.3 is 5.11 Å². The van der Waals surface area contributed by atoms with Gasteiger partial charge in [0.15, 0.2) is 0 Å². The molecule has 0 radical (unpaired) electrons. The third-order valence-electron chi connectivity index (χ3n) is 4.21. The zero-order valence-corrected chi connectivity index (χ0v) is 14.7. The lowest BCUT2D eigenvalue weighted by molar-refractivity contribution is -0.137. The Bertz CT molecular complexity index is 299. The second-order valence-electron chi connectivity index (χ2n) is 6.40. The molecule has 0 aromatic rings. The molecular formula is C18H35N3O2. The maximum atomic E-state index is 10.4. The summed E-state index contributed by atoms with van der Waals surface area (Å²) in [5.41, 5.74) is 8.15. The molecule has 0 aliphatic rings. The van der Waals surface area contributed by atoms with E-state index in [1.165, 1.54) is 77.0 Å². The van der Waals surface area contributed by atoms with Gasteiger partial charge >= 0.3 is 5.97 Å². The quantitative estimate of drug-likeness (QED) is 0.133. The number of hydrogen-bond acceptors (Lipinski definition) is 2. The van der Waals surface area contributed by atoms with Crippen LogP contribution in [0.15, 0.2) is 5.11 Å². The molecule has 1 N–H and O–H groups in total. The fraction of sp³-hybridized carbons (Fsp3) is 0.944. The van der Waals surface area contributed by atoms with Crippen molar-refractivity contribution in [1.82, 2.24) is 0 Å². The lowest BCUT2D eigenvalue weighted by Gasteiger charge is -2.03. The van der Waals surface area contributed by atoms with Crippen molar-refractivity contribution in [2.24, 2.45) is 5.11 Å². The van der Waals surface area contributed by atoms with Crippen molar-refractivity contribution < 1.29 is 9.90 Å². The van der Waals surface area contributed by atoms with E-state index in [0.29, 0.717) is 13.0 Å². The van der Waals surface area contributed by atoms with Crippen molar-refractivity contribution in [3.05, 3.63) is 10.4 Å². The molecule has 0 spiro atoms. The Hall–Kier alpha value is -1.22. The molecule has 0 saturated carbocycles. The molecule has 0 aromatic carbocycles.